The van der Waals surface area contributed by atoms with Crippen LogP contribution in [0.5, 0.6) is 0 Å². The highest BCUT2D eigenvalue weighted by Crippen LogP contribution is 2.03. The van der Waals surface area contributed by atoms with E-state index in [4.69, 9.17) is 0 Å². The maximum atomic E-state index is 12.0. The zero-order valence-electron chi connectivity index (χ0n) is 9.78. The molecule has 1 saturated heterocycles. The minimum absolute atomic E-state index is 0.263. The molecule has 1 aromatic carbocycles. The van der Waals surface area contributed by atoms with Gasteiger partial charge in [-0.3, -0.25) is 4.79 Å². The molecule has 1 heterocycles. The van der Waals surface area contributed by atoms with Crippen molar-refractivity contribution in [2.45, 2.75) is 6.42 Å². The van der Waals surface area contributed by atoms with Crippen LogP contribution < -0.4 is 4.90 Å². The van der Waals surface area contributed by atoms with Gasteiger partial charge in [-0.2, -0.15) is 0 Å². The lowest BCUT2D eigenvalue weighted by atomic mass is 10.1. The van der Waals surface area contributed by atoms with Crippen LogP contribution in [0, 0.1) is 0 Å². The Morgan fingerprint density at radius 2 is 1.88 bits per heavy atom. The highest BCUT2D eigenvalue weighted by Gasteiger charge is 2.20. The van der Waals surface area contributed by atoms with E-state index in [1.54, 1.807) is 0 Å². The summed E-state index contributed by atoms with van der Waals surface area (Å²) in [5, 5.41) is 0. The number of hydrogen-bond acceptors (Lipinski definition) is 1. The van der Waals surface area contributed by atoms with E-state index in [-0.39, 0.29) is 5.91 Å². The van der Waals surface area contributed by atoms with Crippen LogP contribution in [-0.4, -0.2) is 44.0 Å². The van der Waals surface area contributed by atoms with E-state index in [9.17, 15) is 4.79 Å². The molecule has 0 bridgehead atoms. The predicted octanol–water partition coefficient (Wildman–Crippen LogP) is -0.414. The molecule has 0 spiro atoms. The van der Waals surface area contributed by atoms with Crippen molar-refractivity contribution in [3.05, 3.63) is 35.9 Å². The monoisotopic (exact) mass is 219 g/mol. The first-order chi connectivity index (χ1) is 7.75. The second kappa shape index (κ2) is 5.12. The Balaban J connectivity index is 1.89. The van der Waals surface area contributed by atoms with Gasteiger partial charge in [0, 0.05) is 0 Å². The van der Waals surface area contributed by atoms with Crippen molar-refractivity contribution in [1.29, 1.82) is 0 Å². The minimum atomic E-state index is 0.263. The van der Waals surface area contributed by atoms with Crippen molar-refractivity contribution >= 4 is 5.91 Å². The summed E-state index contributed by atoms with van der Waals surface area (Å²) in [6.07, 6.45) is 0.542. The first kappa shape index (κ1) is 11.1. The Morgan fingerprint density at radius 3 is 2.50 bits per heavy atom. The van der Waals surface area contributed by atoms with E-state index in [1.807, 2.05) is 35.2 Å². The zero-order chi connectivity index (χ0) is 11.4. The lowest BCUT2D eigenvalue weighted by molar-refractivity contribution is -0.883. The second-order valence-corrected chi connectivity index (χ2v) is 4.50. The maximum Gasteiger partial charge on any atom is 0.227 e. The maximum absolute atomic E-state index is 12.0. The summed E-state index contributed by atoms with van der Waals surface area (Å²) < 4.78 is 0. The molecule has 1 aliphatic rings. The number of carbonyl (C=O) groups excluding carboxylic acids is 1. The van der Waals surface area contributed by atoms with Crippen LogP contribution in [0.3, 0.4) is 0 Å². The lowest BCUT2D eigenvalue weighted by Crippen LogP contribution is -3.12. The summed E-state index contributed by atoms with van der Waals surface area (Å²) in [6, 6.07) is 9.97. The van der Waals surface area contributed by atoms with Crippen molar-refractivity contribution in [3.63, 3.8) is 0 Å². The third-order valence-electron chi connectivity index (χ3n) is 3.17. The number of carbonyl (C=O) groups is 1. The fourth-order valence-electron chi connectivity index (χ4n) is 2.02. The van der Waals surface area contributed by atoms with E-state index in [0.29, 0.717) is 6.42 Å². The molecule has 3 heteroatoms. The Hall–Kier alpha value is -1.35. The molecular weight excluding hydrogens is 200 g/mol. The van der Waals surface area contributed by atoms with Gasteiger partial charge in [-0.25, -0.2) is 0 Å². The number of nitrogens with one attached hydrogen (secondary N) is 1. The van der Waals surface area contributed by atoms with Gasteiger partial charge in [0.25, 0.3) is 0 Å². The average molecular weight is 219 g/mol. The van der Waals surface area contributed by atoms with E-state index < -0.39 is 0 Å². The molecule has 86 valence electrons. The van der Waals surface area contributed by atoms with E-state index >= 15 is 0 Å². The Kier molecular flexibility index (Phi) is 3.57. The summed E-state index contributed by atoms with van der Waals surface area (Å²) in [5.41, 5.74) is 1.11. The number of nitrogens with zero attached hydrogens (tertiary/aromatic N) is 1. The molecule has 1 fully saturated rings. The topological polar surface area (TPSA) is 24.8 Å². The molecular formula is C13H19N2O+. The molecule has 1 amide bonds. The predicted molar refractivity (Wildman–Crippen MR) is 63.3 cm³/mol. The number of hydrogen-bond donors (Lipinski definition) is 1. The molecule has 0 unspecified atom stereocenters. The van der Waals surface area contributed by atoms with Crippen LogP contribution in [0.1, 0.15) is 5.56 Å². The number of likely N-dealkylation sites (N-methyl/N-ethyl adjacent to an activating group) is 1. The van der Waals surface area contributed by atoms with Gasteiger partial charge in [0.15, 0.2) is 0 Å². The van der Waals surface area contributed by atoms with Gasteiger partial charge in [0.1, 0.15) is 0 Å². The van der Waals surface area contributed by atoms with Gasteiger partial charge < -0.3 is 9.80 Å². The number of amides is 1. The lowest BCUT2D eigenvalue weighted by Gasteiger charge is -2.30. The molecule has 3 nitrogen and oxygen atoms in total. The van der Waals surface area contributed by atoms with Crippen molar-refractivity contribution < 1.29 is 9.69 Å². The van der Waals surface area contributed by atoms with Gasteiger partial charge in [0.2, 0.25) is 5.91 Å². The van der Waals surface area contributed by atoms with Crippen molar-refractivity contribution in [3.8, 4) is 0 Å². The first-order valence-electron chi connectivity index (χ1n) is 5.89. The summed E-state index contributed by atoms with van der Waals surface area (Å²) in [6.45, 7) is 3.94. The number of rotatable bonds is 2. The first-order valence-corrected chi connectivity index (χ1v) is 5.89. The highest BCUT2D eigenvalue weighted by atomic mass is 16.2. The normalized spacial score (nSPS) is 17.4. The van der Waals surface area contributed by atoms with Crippen molar-refractivity contribution in [1.82, 2.24) is 4.90 Å². The molecule has 0 saturated carbocycles. The summed E-state index contributed by atoms with van der Waals surface area (Å²) in [4.78, 5) is 15.5. The van der Waals surface area contributed by atoms with Gasteiger partial charge >= 0.3 is 0 Å². The highest BCUT2D eigenvalue weighted by molar-refractivity contribution is 5.78. The molecule has 0 atom stereocenters. The van der Waals surface area contributed by atoms with Crippen LogP contribution in [0.15, 0.2) is 30.3 Å². The van der Waals surface area contributed by atoms with Crippen molar-refractivity contribution in [2.75, 3.05) is 33.2 Å². The molecule has 2 rings (SSSR count). The third kappa shape index (κ3) is 2.83. The molecule has 1 aliphatic heterocycles. The van der Waals surface area contributed by atoms with Crippen LogP contribution in [0.25, 0.3) is 0 Å². The summed E-state index contributed by atoms with van der Waals surface area (Å²) >= 11 is 0. The molecule has 0 radical (unpaired) electrons. The Morgan fingerprint density at radius 1 is 1.25 bits per heavy atom. The number of quaternary nitrogens is 1. The van der Waals surface area contributed by atoms with Crippen molar-refractivity contribution in [2.24, 2.45) is 0 Å². The largest absolute Gasteiger partial charge is 0.334 e. The van der Waals surface area contributed by atoms with Gasteiger partial charge in [0.05, 0.1) is 39.6 Å². The molecule has 1 aromatic rings. The van der Waals surface area contributed by atoms with Gasteiger partial charge in [-0.1, -0.05) is 30.3 Å². The summed E-state index contributed by atoms with van der Waals surface area (Å²) in [7, 11) is 2.18. The fraction of sp³-hybridized carbons (Fsp3) is 0.462. The second-order valence-electron chi connectivity index (χ2n) is 4.50. The molecule has 0 aliphatic carbocycles. The zero-order valence-corrected chi connectivity index (χ0v) is 9.78. The molecule has 0 aromatic heterocycles. The van der Waals surface area contributed by atoms with Crippen LogP contribution in [0.4, 0.5) is 0 Å². The Labute approximate surface area is 96.7 Å². The van der Waals surface area contributed by atoms with E-state index in [2.05, 4.69) is 7.05 Å². The quantitative estimate of drug-likeness (QED) is 0.718. The standard InChI is InChI=1S/C13H18N2O/c1-14-7-9-15(10-8-14)13(16)11-12-5-3-2-4-6-12/h2-6H,7-11H2,1H3/p+1. The minimum Gasteiger partial charge on any atom is -0.334 e. The smallest absolute Gasteiger partial charge is 0.227 e. The molecule has 16 heavy (non-hydrogen) atoms. The SMILES string of the molecule is C[NH+]1CCN(C(=O)Cc2ccccc2)CC1. The molecule has 1 N–H and O–H groups in total. The summed E-state index contributed by atoms with van der Waals surface area (Å²) in [5.74, 6) is 0.263. The van der Waals surface area contributed by atoms with Gasteiger partial charge in [-0.05, 0) is 5.56 Å². The fourth-order valence-corrected chi connectivity index (χ4v) is 2.02. The number of benzene rings is 1. The van der Waals surface area contributed by atoms with Crippen LogP contribution in [-0.2, 0) is 11.2 Å². The number of piperazine rings is 1. The van der Waals surface area contributed by atoms with Crippen LogP contribution in [0.2, 0.25) is 0 Å². The van der Waals surface area contributed by atoms with E-state index in [1.165, 1.54) is 4.90 Å². The van der Waals surface area contributed by atoms with Gasteiger partial charge in [-0.15, -0.1) is 0 Å². The third-order valence-corrected chi connectivity index (χ3v) is 3.17. The average Bonchev–Trinajstić information content (AvgIpc) is 2.31. The van der Waals surface area contributed by atoms with E-state index in [0.717, 1.165) is 31.7 Å². The Bertz CT molecular complexity index is 342. The van der Waals surface area contributed by atoms with Crippen LogP contribution >= 0.6 is 0 Å².